The molecule has 0 fully saturated rings. The summed E-state index contributed by atoms with van der Waals surface area (Å²) in [5.74, 6) is 0.946. The molecule has 3 aromatic carbocycles. The fourth-order valence-corrected chi connectivity index (χ4v) is 5.42. The van der Waals surface area contributed by atoms with Crippen molar-refractivity contribution in [3.63, 3.8) is 0 Å². The lowest BCUT2D eigenvalue weighted by molar-refractivity contribution is -0.131. The minimum absolute atomic E-state index is 0.300. The Morgan fingerprint density at radius 2 is 1.81 bits per heavy atom. The lowest BCUT2D eigenvalue weighted by atomic mass is 10.0. The molecule has 9 nitrogen and oxygen atoms in total. The molecule has 0 aliphatic rings. The quantitative estimate of drug-likeness (QED) is 0.143. The number of hydrogen-bond acceptors (Lipinski definition) is 8. The number of aryl methyl sites for hydroxylation is 1. The SMILES string of the molecule is C=CCOc1ccc(-c2nn(-c3ccccc3)cc2C=c2sc3nc(-c4ccccc4OC(C)=O)nn3c2=O)cc1C. The van der Waals surface area contributed by atoms with Crippen LogP contribution in [0.3, 0.4) is 0 Å². The highest BCUT2D eigenvalue weighted by atomic mass is 32.1. The van der Waals surface area contributed by atoms with Crippen molar-refractivity contribution in [1.29, 1.82) is 0 Å². The smallest absolute Gasteiger partial charge is 0.308 e. The van der Waals surface area contributed by atoms with Crippen molar-refractivity contribution < 1.29 is 14.3 Å². The second-order valence-corrected chi connectivity index (χ2v) is 10.4. The summed E-state index contributed by atoms with van der Waals surface area (Å²) < 4.78 is 14.6. The molecule has 3 aromatic heterocycles. The Morgan fingerprint density at radius 3 is 2.55 bits per heavy atom. The number of carbonyl (C=O) groups excluding carboxylic acids is 1. The first-order chi connectivity index (χ1) is 20.4. The molecule has 6 aromatic rings. The maximum absolute atomic E-state index is 13.5. The minimum Gasteiger partial charge on any atom is -0.489 e. The van der Waals surface area contributed by atoms with Crippen molar-refractivity contribution in [3.8, 4) is 39.8 Å². The van der Waals surface area contributed by atoms with Crippen LogP contribution in [0.5, 0.6) is 11.5 Å². The van der Waals surface area contributed by atoms with E-state index in [1.54, 1.807) is 35.0 Å². The van der Waals surface area contributed by atoms with Crippen LogP contribution in [-0.4, -0.2) is 37.0 Å². The summed E-state index contributed by atoms with van der Waals surface area (Å²) in [5, 5.41) is 9.33. The van der Waals surface area contributed by atoms with Crippen LogP contribution in [0.2, 0.25) is 0 Å². The largest absolute Gasteiger partial charge is 0.489 e. The molecule has 10 heteroatoms. The van der Waals surface area contributed by atoms with Gasteiger partial charge in [-0.25, -0.2) is 4.68 Å². The molecule has 6 rings (SSSR count). The number of ether oxygens (including phenoxy) is 2. The van der Waals surface area contributed by atoms with Gasteiger partial charge in [0.25, 0.3) is 5.56 Å². The molecule has 0 atom stereocenters. The van der Waals surface area contributed by atoms with Crippen LogP contribution >= 0.6 is 11.3 Å². The van der Waals surface area contributed by atoms with E-state index in [0.717, 1.165) is 28.1 Å². The zero-order chi connectivity index (χ0) is 29.2. The number of esters is 1. The molecule has 0 spiro atoms. The van der Waals surface area contributed by atoms with Crippen molar-refractivity contribution in [2.75, 3.05) is 6.61 Å². The molecular formula is C32H25N5O4S. The van der Waals surface area contributed by atoms with E-state index in [2.05, 4.69) is 16.7 Å². The van der Waals surface area contributed by atoms with Gasteiger partial charge in [0.05, 0.1) is 15.8 Å². The third kappa shape index (κ3) is 5.23. The molecule has 0 N–H and O–H groups in total. The molecule has 0 aliphatic heterocycles. The van der Waals surface area contributed by atoms with E-state index in [4.69, 9.17) is 14.6 Å². The normalized spacial score (nSPS) is 11.6. The molecule has 0 saturated heterocycles. The van der Waals surface area contributed by atoms with Crippen LogP contribution in [0, 0.1) is 6.92 Å². The maximum atomic E-state index is 13.5. The lowest BCUT2D eigenvalue weighted by Crippen LogP contribution is -2.23. The van der Waals surface area contributed by atoms with Crippen LogP contribution in [0.4, 0.5) is 0 Å². The molecule has 0 saturated carbocycles. The van der Waals surface area contributed by atoms with E-state index in [0.29, 0.717) is 38.9 Å². The highest BCUT2D eigenvalue weighted by Gasteiger charge is 2.18. The molecule has 42 heavy (non-hydrogen) atoms. The molecule has 0 unspecified atom stereocenters. The van der Waals surface area contributed by atoms with Gasteiger partial charge in [-0.1, -0.05) is 54.3 Å². The van der Waals surface area contributed by atoms with Crippen molar-refractivity contribution in [2.45, 2.75) is 13.8 Å². The number of benzene rings is 3. The van der Waals surface area contributed by atoms with E-state index >= 15 is 0 Å². The van der Waals surface area contributed by atoms with Gasteiger partial charge >= 0.3 is 5.97 Å². The Hall–Kier alpha value is -5.35. The van der Waals surface area contributed by atoms with Crippen LogP contribution in [0.25, 0.3) is 39.4 Å². The summed E-state index contributed by atoms with van der Waals surface area (Å²) in [6.45, 7) is 7.43. The number of hydrogen-bond donors (Lipinski definition) is 0. The Kier molecular flexibility index (Phi) is 7.20. The monoisotopic (exact) mass is 575 g/mol. The second kappa shape index (κ2) is 11.3. The summed E-state index contributed by atoms with van der Waals surface area (Å²) in [4.78, 5) is 30.0. The van der Waals surface area contributed by atoms with Crippen molar-refractivity contribution in [3.05, 3.63) is 118 Å². The third-order valence-electron chi connectivity index (χ3n) is 6.42. The molecule has 0 aliphatic carbocycles. The first-order valence-electron chi connectivity index (χ1n) is 13.1. The summed E-state index contributed by atoms with van der Waals surface area (Å²) in [7, 11) is 0. The average Bonchev–Trinajstić information content (AvgIpc) is 3.68. The van der Waals surface area contributed by atoms with E-state index in [-0.39, 0.29) is 5.56 Å². The van der Waals surface area contributed by atoms with Gasteiger partial charge < -0.3 is 9.47 Å². The highest BCUT2D eigenvalue weighted by molar-refractivity contribution is 7.15. The van der Waals surface area contributed by atoms with Gasteiger partial charge in [0.1, 0.15) is 23.8 Å². The summed E-state index contributed by atoms with van der Waals surface area (Å²) >= 11 is 1.22. The van der Waals surface area contributed by atoms with E-state index in [9.17, 15) is 9.59 Å². The standard InChI is InChI=1S/C32H25N5O4S/c1-4-16-40-26-15-14-22(17-20(26)2)29-23(19-36(34-29)24-10-6-5-7-11-24)18-28-31(39)37-32(42-28)33-30(35-37)25-12-8-9-13-27(25)41-21(3)38/h4-15,17-19H,1,16H2,2-3H3. The van der Waals surface area contributed by atoms with Crippen LogP contribution in [0.15, 0.2) is 96.4 Å². The average molecular weight is 576 g/mol. The van der Waals surface area contributed by atoms with E-state index < -0.39 is 5.97 Å². The number of rotatable bonds is 8. The van der Waals surface area contributed by atoms with Gasteiger partial charge in [0.2, 0.25) is 4.96 Å². The van der Waals surface area contributed by atoms with Crippen molar-refractivity contribution >= 4 is 28.3 Å². The Bertz CT molecular complexity index is 2060. The number of thiazole rings is 1. The molecule has 0 amide bonds. The molecule has 0 bridgehead atoms. The van der Waals surface area contributed by atoms with Crippen LogP contribution in [-0.2, 0) is 4.79 Å². The molecular weight excluding hydrogens is 550 g/mol. The van der Waals surface area contributed by atoms with E-state index in [1.165, 1.54) is 22.8 Å². The number of aromatic nitrogens is 5. The van der Waals surface area contributed by atoms with Crippen LogP contribution < -0.4 is 19.6 Å². The molecule has 208 valence electrons. The minimum atomic E-state index is -0.453. The number of nitrogens with zero attached hydrogens (tertiary/aromatic N) is 5. The Balaban J connectivity index is 1.45. The number of fused-ring (bicyclic) bond motifs is 1. The summed E-state index contributed by atoms with van der Waals surface area (Å²) in [6, 6.07) is 22.6. The zero-order valence-corrected chi connectivity index (χ0v) is 23.7. The van der Waals surface area contributed by atoms with Gasteiger partial charge in [0.15, 0.2) is 5.82 Å². The predicted molar refractivity (Wildman–Crippen MR) is 162 cm³/mol. The third-order valence-corrected chi connectivity index (χ3v) is 7.38. The Morgan fingerprint density at radius 1 is 1.02 bits per heavy atom. The van der Waals surface area contributed by atoms with Crippen molar-refractivity contribution in [2.24, 2.45) is 0 Å². The second-order valence-electron chi connectivity index (χ2n) is 9.43. The first-order valence-corrected chi connectivity index (χ1v) is 13.9. The van der Waals surface area contributed by atoms with E-state index in [1.807, 2.05) is 67.7 Å². The Labute approximate surface area is 244 Å². The lowest BCUT2D eigenvalue weighted by Gasteiger charge is -2.08. The molecule has 0 radical (unpaired) electrons. The number of para-hydroxylation sites is 2. The summed E-state index contributed by atoms with van der Waals surface area (Å²) in [5.41, 5.74) is 4.43. The topological polar surface area (TPSA) is 101 Å². The first kappa shape index (κ1) is 26.9. The van der Waals surface area contributed by atoms with Gasteiger partial charge in [-0.3, -0.25) is 9.59 Å². The van der Waals surface area contributed by atoms with Gasteiger partial charge in [-0.2, -0.15) is 14.6 Å². The zero-order valence-electron chi connectivity index (χ0n) is 22.9. The van der Waals surface area contributed by atoms with Crippen molar-refractivity contribution in [1.82, 2.24) is 24.4 Å². The highest BCUT2D eigenvalue weighted by Crippen LogP contribution is 2.30. The van der Waals surface area contributed by atoms with Crippen LogP contribution in [0.1, 0.15) is 18.1 Å². The maximum Gasteiger partial charge on any atom is 0.308 e. The predicted octanol–water partition coefficient (Wildman–Crippen LogP) is 5.02. The fraction of sp³-hybridized carbons (Fsp3) is 0.0938. The van der Waals surface area contributed by atoms with Gasteiger partial charge in [-0.05, 0) is 61.0 Å². The molecule has 3 heterocycles. The summed E-state index contributed by atoms with van der Waals surface area (Å²) in [6.07, 6.45) is 5.42. The van der Waals surface area contributed by atoms with Gasteiger partial charge in [0, 0.05) is 24.2 Å². The van der Waals surface area contributed by atoms with Gasteiger partial charge in [-0.15, -0.1) is 5.10 Å². The fourth-order valence-electron chi connectivity index (χ4n) is 4.52. The number of carbonyl (C=O) groups is 1.